The number of hydrogen-bond donors (Lipinski definition) is 1. The van der Waals surface area contributed by atoms with Crippen LogP contribution >= 0.6 is 0 Å². The first kappa shape index (κ1) is 22.8. The molecule has 0 aliphatic carbocycles. The molecule has 0 spiro atoms. The molecule has 0 atom stereocenters. The quantitative estimate of drug-likeness (QED) is 0.680. The minimum atomic E-state index is -5.16. The number of ether oxygens (including phenoxy) is 2. The molecular weight excluding hydrogens is 428 g/mol. The Bertz CT molecular complexity index is 932. The molecule has 160 valence electrons. The van der Waals surface area contributed by atoms with Crippen molar-refractivity contribution in [2.45, 2.75) is 23.8 Å². The van der Waals surface area contributed by atoms with Gasteiger partial charge in [-0.15, -0.1) is 0 Å². The number of alkyl halides is 6. The van der Waals surface area contributed by atoms with E-state index in [0.717, 1.165) is 0 Å². The van der Waals surface area contributed by atoms with Gasteiger partial charge in [0.2, 0.25) is 10.0 Å². The van der Waals surface area contributed by atoms with Gasteiger partial charge in [-0.1, -0.05) is 0 Å². The first-order valence-electron chi connectivity index (χ1n) is 7.77. The molecule has 0 bridgehead atoms. The summed E-state index contributed by atoms with van der Waals surface area (Å²) in [6.45, 7) is -0.423. The molecule has 2 aromatic rings. The number of rotatable bonds is 6. The van der Waals surface area contributed by atoms with E-state index in [1.54, 1.807) is 0 Å². The second-order valence-corrected chi connectivity index (χ2v) is 7.55. The van der Waals surface area contributed by atoms with Crippen LogP contribution in [0.15, 0.2) is 41.3 Å². The highest BCUT2D eigenvalue weighted by Gasteiger charge is 2.38. The summed E-state index contributed by atoms with van der Waals surface area (Å²) in [5.41, 5.74) is -3.14. The summed E-state index contributed by atoms with van der Waals surface area (Å²) in [7, 11) is -1.99. The van der Waals surface area contributed by atoms with Crippen LogP contribution in [0.5, 0.6) is 11.5 Å². The van der Waals surface area contributed by atoms with E-state index >= 15 is 0 Å². The van der Waals surface area contributed by atoms with Gasteiger partial charge in [0.05, 0.1) is 30.2 Å². The van der Waals surface area contributed by atoms with Crippen molar-refractivity contribution in [1.29, 1.82) is 0 Å². The standard InChI is InChI=1S/C17H15F6NO4S/c1-27-13-3-10(4-14(8-13)28-2)9-24-29(25,26)15-6-11(16(18,19)20)5-12(7-15)17(21,22)23/h3-8,24H,9H2,1-2H3. The third-order valence-corrected chi connectivity index (χ3v) is 5.13. The number of halogens is 6. The van der Waals surface area contributed by atoms with E-state index in [2.05, 4.69) is 0 Å². The number of hydrogen-bond acceptors (Lipinski definition) is 4. The highest BCUT2D eigenvalue weighted by atomic mass is 32.2. The third-order valence-electron chi connectivity index (χ3n) is 3.75. The first-order valence-corrected chi connectivity index (χ1v) is 9.25. The summed E-state index contributed by atoms with van der Waals surface area (Å²) < 4.78 is 114. The molecule has 0 saturated carbocycles. The Morgan fingerprint density at radius 1 is 0.793 bits per heavy atom. The average Bonchev–Trinajstić information content (AvgIpc) is 2.64. The SMILES string of the molecule is COc1cc(CNS(=O)(=O)c2cc(C(F)(F)F)cc(C(F)(F)F)c2)cc(OC)c1. The van der Waals surface area contributed by atoms with E-state index in [-0.39, 0.29) is 18.2 Å². The largest absolute Gasteiger partial charge is 0.497 e. The van der Waals surface area contributed by atoms with E-state index in [4.69, 9.17) is 9.47 Å². The fraction of sp³-hybridized carbons (Fsp3) is 0.294. The molecule has 0 saturated heterocycles. The zero-order valence-electron chi connectivity index (χ0n) is 15.0. The maximum atomic E-state index is 12.9. The lowest BCUT2D eigenvalue weighted by Crippen LogP contribution is -2.24. The Morgan fingerprint density at radius 2 is 1.24 bits per heavy atom. The van der Waals surface area contributed by atoms with E-state index in [0.29, 0.717) is 17.1 Å². The number of nitrogens with one attached hydrogen (secondary N) is 1. The molecule has 0 radical (unpaired) electrons. The minimum absolute atomic E-state index is 0.143. The number of benzene rings is 2. The fourth-order valence-corrected chi connectivity index (χ4v) is 3.40. The maximum absolute atomic E-state index is 12.9. The van der Waals surface area contributed by atoms with Crippen LogP contribution in [0.25, 0.3) is 0 Å². The molecule has 2 rings (SSSR count). The lowest BCUT2D eigenvalue weighted by Gasteiger charge is -2.15. The maximum Gasteiger partial charge on any atom is 0.416 e. The van der Waals surface area contributed by atoms with Gasteiger partial charge in [-0.05, 0) is 35.9 Å². The normalized spacial score (nSPS) is 12.7. The van der Waals surface area contributed by atoms with Crippen molar-refractivity contribution in [3.63, 3.8) is 0 Å². The van der Waals surface area contributed by atoms with E-state index in [9.17, 15) is 34.8 Å². The van der Waals surface area contributed by atoms with Gasteiger partial charge in [-0.25, -0.2) is 13.1 Å². The van der Waals surface area contributed by atoms with Crippen molar-refractivity contribution in [3.05, 3.63) is 53.1 Å². The lowest BCUT2D eigenvalue weighted by molar-refractivity contribution is -0.143. The molecule has 0 aromatic heterocycles. The Balaban J connectivity index is 2.40. The van der Waals surface area contributed by atoms with Crippen LogP contribution in [0.4, 0.5) is 26.3 Å². The summed E-state index contributed by atoms with van der Waals surface area (Å²) >= 11 is 0. The van der Waals surface area contributed by atoms with Crippen molar-refractivity contribution < 1.29 is 44.2 Å². The molecule has 0 aliphatic heterocycles. The monoisotopic (exact) mass is 443 g/mol. The van der Waals surface area contributed by atoms with Gasteiger partial charge in [0.1, 0.15) is 11.5 Å². The molecule has 0 fully saturated rings. The van der Waals surface area contributed by atoms with Crippen LogP contribution in [-0.2, 0) is 28.9 Å². The van der Waals surface area contributed by atoms with Crippen molar-refractivity contribution >= 4 is 10.0 Å². The van der Waals surface area contributed by atoms with E-state index in [1.165, 1.54) is 32.4 Å². The number of sulfonamides is 1. The minimum Gasteiger partial charge on any atom is -0.497 e. The Labute approximate surface area is 162 Å². The molecule has 0 unspecified atom stereocenters. The fourth-order valence-electron chi connectivity index (χ4n) is 2.31. The molecular formula is C17H15F6NO4S. The first-order chi connectivity index (χ1) is 13.3. The van der Waals surface area contributed by atoms with Crippen molar-refractivity contribution in [1.82, 2.24) is 4.72 Å². The summed E-state index contributed by atoms with van der Waals surface area (Å²) in [6.07, 6.45) is -10.3. The zero-order chi connectivity index (χ0) is 22.0. The Kier molecular flexibility index (Phi) is 6.38. The van der Waals surface area contributed by atoms with Gasteiger partial charge in [0, 0.05) is 12.6 Å². The highest BCUT2D eigenvalue weighted by molar-refractivity contribution is 7.89. The molecule has 5 nitrogen and oxygen atoms in total. The molecule has 0 aliphatic rings. The summed E-state index contributed by atoms with van der Waals surface area (Å²) in [6, 6.07) is 4.50. The van der Waals surface area contributed by atoms with Crippen LogP contribution in [0.2, 0.25) is 0 Å². The van der Waals surface area contributed by atoms with Gasteiger partial charge < -0.3 is 9.47 Å². The smallest absolute Gasteiger partial charge is 0.416 e. The average molecular weight is 443 g/mol. The molecule has 0 amide bonds. The molecule has 0 heterocycles. The topological polar surface area (TPSA) is 64.6 Å². The predicted octanol–water partition coefficient (Wildman–Crippen LogP) is 4.22. The summed E-state index contributed by atoms with van der Waals surface area (Å²) in [5, 5.41) is 0. The second kappa shape index (κ2) is 8.11. The van der Waals surface area contributed by atoms with Crippen LogP contribution < -0.4 is 14.2 Å². The summed E-state index contributed by atoms with van der Waals surface area (Å²) in [5.74, 6) is 0.633. The van der Waals surface area contributed by atoms with Gasteiger partial charge in [-0.3, -0.25) is 0 Å². The van der Waals surface area contributed by atoms with Gasteiger partial charge in [0.25, 0.3) is 0 Å². The summed E-state index contributed by atoms with van der Waals surface area (Å²) in [4.78, 5) is -1.16. The second-order valence-electron chi connectivity index (χ2n) is 5.79. The van der Waals surface area contributed by atoms with Crippen LogP contribution in [-0.4, -0.2) is 22.6 Å². The van der Waals surface area contributed by atoms with Gasteiger partial charge in [-0.2, -0.15) is 26.3 Å². The van der Waals surface area contributed by atoms with Crippen molar-refractivity contribution in [3.8, 4) is 11.5 Å². The van der Waals surface area contributed by atoms with E-state index < -0.39 is 44.9 Å². The lowest BCUT2D eigenvalue weighted by atomic mass is 10.1. The van der Waals surface area contributed by atoms with Crippen molar-refractivity contribution in [2.75, 3.05) is 14.2 Å². The molecule has 2 aromatic carbocycles. The van der Waals surface area contributed by atoms with Gasteiger partial charge >= 0.3 is 12.4 Å². The van der Waals surface area contributed by atoms with Crippen LogP contribution in [0.1, 0.15) is 16.7 Å². The Morgan fingerprint density at radius 3 is 1.62 bits per heavy atom. The molecule has 1 N–H and O–H groups in total. The molecule has 29 heavy (non-hydrogen) atoms. The highest BCUT2D eigenvalue weighted by Crippen LogP contribution is 2.37. The van der Waals surface area contributed by atoms with Crippen LogP contribution in [0, 0.1) is 0 Å². The van der Waals surface area contributed by atoms with Crippen molar-refractivity contribution in [2.24, 2.45) is 0 Å². The van der Waals surface area contributed by atoms with E-state index in [1.807, 2.05) is 4.72 Å². The van der Waals surface area contributed by atoms with Crippen LogP contribution in [0.3, 0.4) is 0 Å². The molecule has 12 heteroatoms. The zero-order valence-corrected chi connectivity index (χ0v) is 15.8. The number of methoxy groups -OCH3 is 2. The predicted molar refractivity (Wildman–Crippen MR) is 90.0 cm³/mol. The van der Waals surface area contributed by atoms with Gasteiger partial charge in [0.15, 0.2) is 0 Å². The Hall–Kier alpha value is -2.47. The third kappa shape index (κ3) is 5.76.